The van der Waals surface area contributed by atoms with Crippen molar-refractivity contribution in [3.63, 3.8) is 0 Å². The minimum Gasteiger partial charge on any atom is -0.411 e. The number of hydrogen-bond donors (Lipinski definition) is 3. The normalized spacial score (nSPS) is 41.6. The predicted molar refractivity (Wildman–Crippen MR) is 80.1 cm³/mol. The first-order chi connectivity index (χ1) is 10.7. The third-order valence-electron chi connectivity index (χ3n) is 5.64. The minimum absolute atomic E-state index is 0.130. The molecule has 5 rings (SSSR count). The highest BCUT2D eigenvalue weighted by Gasteiger charge is 2.62. The van der Waals surface area contributed by atoms with Crippen molar-refractivity contribution in [2.45, 2.75) is 24.7 Å². The van der Waals surface area contributed by atoms with Crippen LogP contribution in [0.3, 0.4) is 0 Å². The highest BCUT2D eigenvalue weighted by Crippen LogP contribution is 2.57. The third kappa shape index (κ3) is 1.47. The molecule has 0 radical (unpaired) electrons. The maximum Gasteiger partial charge on any atom is 0.0765 e. The van der Waals surface area contributed by atoms with Gasteiger partial charge in [-0.2, -0.15) is 0 Å². The van der Waals surface area contributed by atoms with Crippen molar-refractivity contribution in [1.29, 1.82) is 0 Å². The Kier molecular flexibility index (Phi) is 2.76. The summed E-state index contributed by atoms with van der Waals surface area (Å²) in [6.45, 7) is 0. The van der Waals surface area contributed by atoms with Crippen molar-refractivity contribution in [1.82, 2.24) is 0 Å². The molecule has 0 heterocycles. The van der Waals surface area contributed by atoms with Crippen LogP contribution in [0.2, 0.25) is 0 Å². The van der Waals surface area contributed by atoms with Gasteiger partial charge in [-0.05, 0) is 24.8 Å². The molecule has 6 nitrogen and oxygen atoms in total. The Hall–Kier alpha value is -2.37. The van der Waals surface area contributed by atoms with E-state index in [1.165, 1.54) is 0 Å². The largest absolute Gasteiger partial charge is 0.411 e. The van der Waals surface area contributed by atoms with Crippen LogP contribution < -0.4 is 0 Å². The van der Waals surface area contributed by atoms with E-state index in [1.807, 2.05) is 30.3 Å². The topological polar surface area (TPSA) is 97.8 Å². The number of benzene rings is 1. The first-order valence-corrected chi connectivity index (χ1v) is 7.46. The Morgan fingerprint density at radius 1 is 0.864 bits per heavy atom. The van der Waals surface area contributed by atoms with Crippen molar-refractivity contribution in [2.75, 3.05) is 0 Å². The van der Waals surface area contributed by atoms with Crippen LogP contribution in [0, 0.1) is 17.8 Å². The zero-order chi connectivity index (χ0) is 15.3. The lowest BCUT2D eigenvalue weighted by atomic mass is 9.45. The van der Waals surface area contributed by atoms with Crippen molar-refractivity contribution < 1.29 is 15.6 Å². The summed E-state index contributed by atoms with van der Waals surface area (Å²) < 4.78 is 0. The summed E-state index contributed by atoms with van der Waals surface area (Å²) in [5, 5.41) is 38.9. The molecule has 0 saturated heterocycles. The molecular formula is C16H17N3O3. The molecule has 4 unspecified atom stereocenters. The molecule has 4 aliphatic carbocycles. The van der Waals surface area contributed by atoms with Gasteiger partial charge in [0.2, 0.25) is 0 Å². The lowest BCUT2D eigenvalue weighted by Gasteiger charge is -2.56. The van der Waals surface area contributed by atoms with E-state index in [0.717, 1.165) is 12.0 Å². The van der Waals surface area contributed by atoms with Crippen LogP contribution in [-0.2, 0) is 5.41 Å². The monoisotopic (exact) mass is 299 g/mol. The summed E-state index contributed by atoms with van der Waals surface area (Å²) in [5.74, 6) is -0.235. The van der Waals surface area contributed by atoms with Crippen molar-refractivity contribution >= 4 is 17.1 Å². The molecule has 4 aliphatic rings. The summed E-state index contributed by atoms with van der Waals surface area (Å²) in [6.07, 6.45) is 2.05. The standard InChI is InChI=1S/C16H17N3O3/c20-17-13-9-6-11-14(18-21)12(13)8-16(7-9,15(11)19-22)10-4-2-1-3-5-10/h1-5,9,11-12,20-22H,6-8H2/b17-13?,18-14+,19-15+. The van der Waals surface area contributed by atoms with Gasteiger partial charge in [-0.1, -0.05) is 45.8 Å². The summed E-state index contributed by atoms with van der Waals surface area (Å²) >= 11 is 0. The van der Waals surface area contributed by atoms with Gasteiger partial charge in [-0.3, -0.25) is 0 Å². The molecule has 1 aromatic rings. The summed E-state index contributed by atoms with van der Waals surface area (Å²) in [7, 11) is 0. The predicted octanol–water partition coefficient (Wildman–Crippen LogP) is 2.47. The van der Waals surface area contributed by atoms with Crippen molar-refractivity contribution in [2.24, 2.45) is 33.2 Å². The second kappa shape index (κ2) is 4.56. The van der Waals surface area contributed by atoms with Gasteiger partial charge in [0.05, 0.1) is 17.1 Å². The van der Waals surface area contributed by atoms with Gasteiger partial charge >= 0.3 is 0 Å². The minimum atomic E-state index is -0.364. The van der Waals surface area contributed by atoms with E-state index in [9.17, 15) is 15.6 Å². The molecule has 6 heteroatoms. The zero-order valence-corrected chi connectivity index (χ0v) is 11.9. The molecule has 0 aliphatic heterocycles. The molecule has 22 heavy (non-hydrogen) atoms. The number of rotatable bonds is 1. The Morgan fingerprint density at radius 3 is 2.23 bits per heavy atom. The van der Waals surface area contributed by atoms with Gasteiger partial charge in [0.1, 0.15) is 0 Å². The summed E-state index contributed by atoms with van der Waals surface area (Å²) in [5.41, 5.74) is 2.68. The molecular weight excluding hydrogens is 282 g/mol. The fourth-order valence-electron chi connectivity index (χ4n) is 4.85. The lowest BCUT2D eigenvalue weighted by molar-refractivity contribution is 0.231. The van der Waals surface area contributed by atoms with E-state index in [2.05, 4.69) is 15.5 Å². The van der Waals surface area contributed by atoms with Gasteiger partial charge in [-0.25, -0.2) is 0 Å². The summed E-state index contributed by atoms with van der Waals surface area (Å²) in [6, 6.07) is 10.0. The second-order valence-corrected chi connectivity index (χ2v) is 6.43. The molecule has 1 aromatic carbocycles. The first-order valence-electron chi connectivity index (χ1n) is 7.46. The highest BCUT2D eigenvalue weighted by atomic mass is 16.4. The van der Waals surface area contributed by atoms with Gasteiger partial charge < -0.3 is 15.6 Å². The van der Waals surface area contributed by atoms with Crippen LogP contribution in [0.5, 0.6) is 0 Å². The van der Waals surface area contributed by atoms with Crippen LogP contribution >= 0.6 is 0 Å². The van der Waals surface area contributed by atoms with E-state index >= 15 is 0 Å². The Labute approximate surface area is 127 Å². The second-order valence-electron chi connectivity index (χ2n) is 6.43. The van der Waals surface area contributed by atoms with E-state index in [4.69, 9.17) is 0 Å². The lowest BCUT2D eigenvalue weighted by Crippen LogP contribution is -2.63. The van der Waals surface area contributed by atoms with E-state index in [1.54, 1.807) is 0 Å². The SMILES string of the molecule is ON=C1C2CC3/C(=N\O)C1CC(c1ccccc1)(C2)/C3=N/O. The maximum atomic E-state index is 9.63. The van der Waals surface area contributed by atoms with E-state index < -0.39 is 0 Å². The van der Waals surface area contributed by atoms with Crippen LogP contribution in [-0.4, -0.2) is 32.8 Å². The fourth-order valence-corrected chi connectivity index (χ4v) is 4.85. The average molecular weight is 299 g/mol. The van der Waals surface area contributed by atoms with E-state index in [-0.39, 0.29) is 23.2 Å². The Bertz CT molecular complexity index is 694. The average Bonchev–Trinajstić information content (AvgIpc) is 2.56. The van der Waals surface area contributed by atoms with Crippen molar-refractivity contribution in [3.8, 4) is 0 Å². The van der Waals surface area contributed by atoms with E-state index in [0.29, 0.717) is 30.0 Å². The number of hydrogen-bond acceptors (Lipinski definition) is 6. The highest BCUT2D eigenvalue weighted by molar-refractivity contribution is 6.25. The Balaban J connectivity index is 1.92. The molecule has 3 N–H and O–H groups in total. The quantitative estimate of drug-likeness (QED) is 0.549. The molecule has 4 saturated carbocycles. The molecule has 4 bridgehead atoms. The first kappa shape index (κ1) is 13.3. The molecule has 4 fully saturated rings. The third-order valence-corrected chi connectivity index (χ3v) is 5.64. The smallest absolute Gasteiger partial charge is 0.0765 e. The Morgan fingerprint density at radius 2 is 1.59 bits per heavy atom. The van der Waals surface area contributed by atoms with Crippen LogP contribution in [0.4, 0.5) is 0 Å². The molecule has 0 spiro atoms. The van der Waals surface area contributed by atoms with Gasteiger partial charge in [-0.15, -0.1) is 0 Å². The van der Waals surface area contributed by atoms with Gasteiger partial charge in [0.15, 0.2) is 0 Å². The van der Waals surface area contributed by atoms with Gasteiger partial charge in [0, 0.05) is 23.2 Å². The van der Waals surface area contributed by atoms with Crippen molar-refractivity contribution in [3.05, 3.63) is 35.9 Å². The van der Waals surface area contributed by atoms with Crippen LogP contribution in [0.25, 0.3) is 0 Å². The zero-order valence-electron chi connectivity index (χ0n) is 11.9. The van der Waals surface area contributed by atoms with Crippen LogP contribution in [0.15, 0.2) is 45.8 Å². The molecule has 114 valence electrons. The maximum absolute atomic E-state index is 9.63. The molecule has 4 atom stereocenters. The molecule has 0 aromatic heterocycles. The summed E-state index contributed by atoms with van der Waals surface area (Å²) in [4.78, 5) is 0. The number of nitrogens with zero attached hydrogens (tertiary/aromatic N) is 3. The molecule has 0 amide bonds. The fraction of sp³-hybridized carbons (Fsp3) is 0.438. The number of oxime groups is 3. The van der Waals surface area contributed by atoms with Gasteiger partial charge in [0.25, 0.3) is 0 Å². The van der Waals surface area contributed by atoms with Crippen LogP contribution in [0.1, 0.15) is 24.8 Å².